The van der Waals surface area contributed by atoms with Gasteiger partial charge in [0.15, 0.2) is 5.13 Å². The third kappa shape index (κ3) is 4.73. The van der Waals surface area contributed by atoms with Gasteiger partial charge < -0.3 is 5.32 Å². The summed E-state index contributed by atoms with van der Waals surface area (Å²) in [5.41, 5.74) is 2.13. The predicted molar refractivity (Wildman–Crippen MR) is 106 cm³/mol. The fraction of sp³-hybridized carbons (Fsp3) is 0.211. The number of carbonyl (C=O) groups is 2. The van der Waals surface area contributed by atoms with Gasteiger partial charge in [-0.25, -0.2) is 9.97 Å². The molecule has 0 unspecified atom stereocenters. The first-order valence-corrected chi connectivity index (χ1v) is 9.16. The van der Waals surface area contributed by atoms with Crippen LogP contribution in [-0.2, 0) is 4.79 Å². The number of thiazole rings is 1. The molecule has 0 bridgehead atoms. The molecule has 8 heteroatoms. The lowest BCUT2D eigenvalue weighted by Gasteiger charge is -2.17. The van der Waals surface area contributed by atoms with Crippen LogP contribution in [0.25, 0.3) is 11.3 Å². The Balaban J connectivity index is 1.68. The number of benzene rings is 1. The molecule has 0 atom stereocenters. The Morgan fingerprint density at radius 3 is 2.41 bits per heavy atom. The second-order valence-electron chi connectivity index (χ2n) is 6.86. The van der Waals surface area contributed by atoms with Crippen LogP contribution < -0.4 is 10.6 Å². The molecule has 1 aromatic carbocycles. The molecule has 0 spiro atoms. The molecule has 3 rings (SSSR count). The van der Waals surface area contributed by atoms with Crippen LogP contribution >= 0.6 is 11.3 Å². The van der Waals surface area contributed by atoms with Crippen molar-refractivity contribution in [2.75, 3.05) is 10.6 Å². The third-order valence-electron chi connectivity index (χ3n) is 3.64. The van der Waals surface area contributed by atoms with E-state index in [1.807, 2.05) is 50.4 Å². The zero-order chi connectivity index (χ0) is 19.4. The van der Waals surface area contributed by atoms with E-state index in [0.717, 1.165) is 16.9 Å². The summed E-state index contributed by atoms with van der Waals surface area (Å²) in [5, 5.41) is 7.93. The van der Waals surface area contributed by atoms with E-state index in [0.29, 0.717) is 5.13 Å². The van der Waals surface area contributed by atoms with Crippen molar-refractivity contribution in [3.05, 3.63) is 53.9 Å². The Labute approximate surface area is 160 Å². The summed E-state index contributed by atoms with van der Waals surface area (Å²) in [6, 6.07) is 7.41. The Kier molecular flexibility index (Phi) is 5.27. The van der Waals surface area contributed by atoms with Gasteiger partial charge in [-0.1, -0.05) is 32.9 Å². The summed E-state index contributed by atoms with van der Waals surface area (Å²) in [6.45, 7) is 5.59. The quantitative estimate of drug-likeness (QED) is 0.716. The minimum atomic E-state index is -0.455. The molecule has 2 heterocycles. The molecular weight excluding hydrogens is 362 g/mol. The Bertz CT molecular complexity index is 946. The molecule has 138 valence electrons. The summed E-state index contributed by atoms with van der Waals surface area (Å²) >= 11 is 1.32. The number of aromatic nitrogens is 3. The summed E-state index contributed by atoms with van der Waals surface area (Å²) in [7, 11) is 0. The molecule has 7 nitrogen and oxygen atoms in total. The SMILES string of the molecule is CC(C)(C)C(=O)Nc1ccc(-c2csc(NC(=O)c3cnccn3)n2)cc1. The maximum atomic E-state index is 12.1. The highest BCUT2D eigenvalue weighted by Crippen LogP contribution is 2.26. The van der Waals surface area contributed by atoms with Gasteiger partial charge in [0.05, 0.1) is 11.9 Å². The van der Waals surface area contributed by atoms with Gasteiger partial charge in [0.2, 0.25) is 5.91 Å². The van der Waals surface area contributed by atoms with Crippen LogP contribution in [0, 0.1) is 5.41 Å². The van der Waals surface area contributed by atoms with E-state index in [-0.39, 0.29) is 17.5 Å². The standard InChI is InChI=1S/C19H19N5O2S/c1-19(2,3)17(26)22-13-6-4-12(5-7-13)15-11-27-18(23-15)24-16(25)14-10-20-8-9-21-14/h4-11H,1-3H3,(H,22,26)(H,23,24,25). The van der Waals surface area contributed by atoms with Crippen LogP contribution in [0.15, 0.2) is 48.2 Å². The van der Waals surface area contributed by atoms with Gasteiger partial charge in [0, 0.05) is 34.4 Å². The molecule has 3 aromatic rings. The molecule has 2 aromatic heterocycles. The fourth-order valence-electron chi connectivity index (χ4n) is 2.08. The van der Waals surface area contributed by atoms with Crippen LogP contribution in [0.1, 0.15) is 31.3 Å². The highest BCUT2D eigenvalue weighted by molar-refractivity contribution is 7.14. The van der Waals surface area contributed by atoms with Crippen molar-refractivity contribution >= 4 is 34.0 Å². The number of amides is 2. The average Bonchev–Trinajstić information content (AvgIpc) is 3.10. The van der Waals surface area contributed by atoms with E-state index < -0.39 is 5.41 Å². The smallest absolute Gasteiger partial charge is 0.277 e. The van der Waals surface area contributed by atoms with Gasteiger partial charge in [-0.2, -0.15) is 0 Å². The maximum absolute atomic E-state index is 12.1. The van der Waals surface area contributed by atoms with Crippen LogP contribution in [0.2, 0.25) is 0 Å². The Hall–Kier alpha value is -3.13. The van der Waals surface area contributed by atoms with Gasteiger partial charge in [-0.15, -0.1) is 11.3 Å². The lowest BCUT2D eigenvalue weighted by atomic mass is 9.95. The fourth-order valence-corrected chi connectivity index (χ4v) is 2.80. The van der Waals surface area contributed by atoms with Crippen molar-refractivity contribution in [1.82, 2.24) is 15.0 Å². The lowest BCUT2D eigenvalue weighted by molar-refractivity contribution is -0.123. The van der Waals surface area contributed by atoms with E-state index in [1.165, 1.54) is 29.9 Å². The van der Waals surface area contributed by atoms with E-state index in [4.69, 9.17) is 0 Å². The molecule has 0 aliphatic carbocycles. The summed E-state index contributed by atoms with van der Waals surface area (Å²) < 4.78 is 0. The molecule has 0 aliphatic heterocycles. The molecule has 2 N–H and O–H groups in total. The zero-order valence-electron chi connectivity index (χ0n) is 15.2. The first kappa shape index (κ1) is 18.7. The highest BCUT2D eigenvalue weighted by atomic mass is 32.1. The molecule has 0 aliphatic rings. The molecule has 0 saturated heterocycles. The monoisotopic (exact) mass is 381 g/mol. The normalized spacial score (nSPS) is 11.1. The molecule has 0 saturated carbocycles. The molecule has 27 heavy (non-hydrogen) atoms. The second kappa shape index (κ2) is 7.63. The van der Waals surface area contributed by atoms with Gasteiger partial charge >= 0.3 is 0 Å². The maximum Gasteiger partial charge on any atom is 0.277 e. The Morgan fingerprint density at radius 1 is 1.04 bits per heavy atom. The highest BCUT2D eigenvalue weighted by Gasteiger charge is 2.21. The number of rotatable bonds is 4. The number of anilines is 2. The first-order chi connectivity index (χ1) is 12.8. The van der Waals surface area contributed by atoms with E-state index in [2.05, 4.69) is 25.6 Å². The number of nitrogens with one attached hydrogen (secondary N) is 2. The molecule has 2 amide bonds. The second-order valence-corrected chi connectivity index (χ2v) is 7.72. The zero-order valence-corrected chi connectivity index (χ0v) is 16.0. The minimum Gasteiger partial charge on any atom is -0.326 e. The van der Waals surface area contributed by atoms with Crippen LogP contribution in [0.3, 0.4) is 0 Å². The van der Waals surface area contributed by atoms with Gasteiger partial charge in [0.25, 0.3) is 5.91 Å². The topological polar surface area (TPSA) is 96.9 Å². The third-order valence-corrected chi connectivity index (χ3v) is 4.40. The van der Waals surface area contributed by atoms with E-state index in [9.17, 15) is 9.59 Å². The predicted octanol–water partition coefficient (Wildman–Crippen LogP) is 3.84. The summed E-state index contributed by atoms with van der Waals surface area (Å²) in [4.78, 5) is 36.4. The lowest BCUT2D eigenvalue weighted by Crippen LogP contribution is -2.27. The van der Waals surface area contributed by atoms with Crippen molar-refractivity contribution in [2.45, 2.75) is 20.8 Å². The van der Waals surface area contributed by atoms with Crippen LogP contribution in [0.4, 0.5) is 10.8 Å². The van der Waals surface area contributed by atoms with Crippen molar-refractivity contribution < 1.29 is 9.59 Å². The van der Waals surface area contributed by atoms with Crippen molar-refractivity contribution in [3.63, 3.8) is 0 Å². The number of hydrogen-bond donors (Lipinski definition) is 2. The first-order valence-electron chi connectivity index (χ1n) is 8.28. The van der Waals surface area contributed by atoms with Gasteiger partial charge in [-0.3, -0.25) is 19.9 Å². The average molecular weight is 381 g/mol. The summed E-state index contributed by atoms with van der Waals surface area (Å²) in [6.07, 6.45) is 4.36. The van der Waals surface area contributed by atoms with E-state index in [1.54, 1.807) is 0 Å². The van der Waals surface area contributed by atoms with Crippen LogP contribution in [0.5, 0.6) is 0 Å². The molecule has 0 radical (unpaired) electrons. The van der Waals surface area contributed by atoms with E-state index >= 15 is 0 Å². The van der Waals surface area contributed by atoms with Gasteiger partial charge in [-0.05, 0) is 12.1 Å². The van der Waals surface area contributed by atoms with Crippen molar-refractivity contribution in [2.24, 2.45) is 5.41 Å². The van der Waals surface area contributed by atoms with Crippen molar-refractivity contribution in [1.29, 1.82) is 0 Å². The minimum absolute atomic E-state index is 0.0436. The van der Waals surface area contributed by atoms with Crippen LogP contribution in [-0.4, -0.2) is 26.8 Å². The number of carbonyl (C=O) groups excluding carboxylic acids is 2. The number of nitrogens with zero attached hydrogens (tertiary/aromatic N) is 3. The largest absolute Gasteiger partial charge is 0.326 e. The van der Waals surface area contributed by atoms with Crippen molar-refractivity contribution in [3.8, 4) is 11.3 Å². The Morgan fingerprint density at radius 2 is 1.78 bits per heavy atom. The summed E-state index contributed by atoms with van der Waals surface area (Å²) in [5.74, 6) is -0.401. The molecule has 0 fully saturated rings. The number of hydrogen-bond acceptors (Lipinski definition) is 6. The van der Waals surface area contributed by atoms with Gasteiger partial charge in [0.1, 0.15) is 5.69 Å². The molecular formula is C19H19N5O2S.